The number of benzene rings is 1. The Morgan fingerprint density at radius 2 is 2.03 bits per heavy atom. The average Bonchev–Trinajstić information content (AvgIpc) is 3.10. The predicted octanol–water partition coefficient (Wildman–Crippen LogP) is 3.90. The van der Waals surface area contributed by atoms with Gasteiger partial charge in [0.25, 0.3) is 5.91 Å². The summed E-state index contributed by atoms with van der Waals surface area (Å²) in [6, 6.07) is 7.81. The van der Waals surface area contributed by atoms with Gasteiger partial charge in [0.05, 0.1) is 11.1 Å². The number of rotatable bonds is 7. The van der Waals surface area contributed by atoms with Crippen molar-refractivity contribution in [1.82, 2.24) is 20.4 Å². The summed E-state index contributed by atoms with van der Waals surface area (Å²) in [4.78, 5) is 20.6. The topological polar surface area (TPSA) is 92.9 Å². The molecular weight excluding hydrogens is 387 g/mol. The van der Waals surface area contributed by atoms with Gasteiger partial charge < -0.3 is 15.2 Å². The van der Waals surface area contributed by atoms with E-state index in [2.05, 4.69) is 25.8 Å². The number of nitrogens with one attached hydrogen (secondary N) is 2. The Morgan fingerprint density at radius 1 is 1.21 bits per heavy atom. The highest BCUT2D eigenvalue weighted by molar-refractivity contribution is 5.99. The maximum atomic E-state index is 12.9. The summed E-state index contributed by atoms with van der Waals surface area (Å²) in [7, 11) is 0. The second kappa shape index (κ2) is 8.72. The minimum Gasteiger partial charge on any atom is -0.352 e. The number of carbonyl (C=O) groups is 1. The number of nitrogens with zero attached hydrogens (tertiary/aromatic N) is 3. The van der Waals surface area contributed by atoms with Crippen LogP contribution in [0.5, 0.6) is 0 Å². The molecule has 0 spiro atoms. The number of aryl methyl sites for hydroxylation is 2. The van der Waals surface area contributed by atoms with Crippen LogP contribution in [-0.4, -0.2) is 27.6 Å². The Bertz CT molecular complexity index is 988. The molecule has 0 bridgehead atoms. The molecule has 0 saturated carbocycles. The van der Waals surface area contributed by atoms with Crippen molar-refractivity contribution in [2.45, 2.75) is 25.9 Å². The summed E-state index contributed by atoms with van der Waals surface area (Å²) in [6.07, 6.45) is -1.91. The van der Waals surface area contributed by atoms with Crippen LogP contribution in [0.15, 0.2) is 47.1 Å². The van der Waals surface area contributed by atoms with Gasteiger partial charge in [0.15, 0.2) is 5.82 Å². The molecule has 1 amide bonds. The SMILES string of the molecule is Cc1noc(CCCNC(=O)c2cccnc2Nc2cccc(C(F)(F)F)c2)n1. The number of hydrogen-bond acceptors (Lipinski definition) is 6. The van der Waals surface area contributed by atoms with E-state index in [0.717, 1.165) is 12.1 Å². The smallest absolute Gasteiger partial charge is 0.352 e. The van der Waals surface area contributed by atoms with Crippen LogP contribution in [0.1, 0.15) is 34.1 Å². The van der Waals surface area contributed by atoms with Crippen LogP contribution in [0.3, 0.4) is 0 Å². The molecule has 0 aliphatic heterocycles. The van der Waals surface area contributed by atoms with E-state index < -0.39 is 17.6 Å². The molecule has 2 aromatic heterocycles. The zero-order chi connectivity index (χ0) is 20.9. The number of pyridine rings is 1. The molecule has 0 atom stereocenters. The lowest BCUT2D eigenvalue weighted by molar-refractivity contribution is -0.137. The molecule has 29 heavy (non-hydrogen) atoms. The quantitative estimate of drug-likeness (QED) is 0.579. The van der Waals surface area contributed by atoms with Crippen molar-refractivity contribution in [3.8, 4) is 0 Å². The first-order chi connectivity index (χ1) is 13.8. The van der Waals surface area contributed by atoms with E-state index >= 15 is 0 Å². The van der Waals surface area contributed by atoms with E-state index in [9.17, 15) is 18.0 Å². The molecule has 3 rings (SSSR count). The second-order valence-electron chi connectivity index (χ2n) is 6.20. The van der Waals surface area contributed by atoms with Gasteiger partial charge in [-0.25, -0.2) is 4.98 Å². The molecule has 0 aliphatic carbocycles. The summed E-state index contributed by atoms with van der Waals surface area (Å²) in [5.41, 5.74) is -0.390. The molecule has 152 valence electrons. The molecule has 0 aliphatic rings. The van der Waals surface area contributed by atoms with E-state index in [1.165, 1.54) is 18.3 Å². The maximum absolute atomic E-state index is 12.9. The zero-order valence-electron chi connectivity index (χ0n) is 15.5. The summed E-state index contributed by atoms with van der Waals surface area (Å²) in [5.74, 6) is 0.806. The van der Waals surface area contributed by atoms with Gasteiger partial charge in [-0.1, -0.05) is 11.2 Å². The second-order valence-corrected chi connectivity index (χ2v) is 6.20. The van der Waals surface area contributed by atoms with E-state index in [4.69, 9.17) is 4.52 Å². The summed E-state index contributed by atoms with van der Waals surface area (Å²) in [6.45, 7) is 2.08. The van der Waals surface area contributed by atoms with Crippen molar-refractivity contribution in [3.63, 3.8) is 0 Å². The van der Waals surface area contributed by atoms with Crippen molar-refractivity contribution in [1.29, 1.82) is 0 Å². The van der Waals surface area contributed by atoms with Crippen LogP contribution >= 0.6 is 0 Å². The number of carbonyl (C=O) groups excluding carboxylic acids is 1. The molecular formula is C19H18F3N5O2. The first-order valence-electron chi connectivity index (χ1n) is 8.79. The van der Waals surface area contributed by atoms with Crippen molar-refractivity contribution in [3.05, 3.63) is 65.4 Å². The number of halogens is 3. The largest absolute Gasteiger partial charge is 0.416 e. The molecule has 3 aromatic rings. The highest BCUT2D eigenvalue weighted by Crippen LogP contribution is 2.31. The fourth-order valence-corrected chi connectivity index (χ4v) is 2.58. The summed E-state index contributed by atoms with van der Waals surface area (Å²) >= 11 is 0. The lowest BCUT2D eigenvalue weighted by Crippen LogP contribution is -2.25. The Balaban J connectivity index is 1.63. The molecule has 10 heteroatoms. The zero-order valence-corrected chi connectivity index (χ0v) is 15.5. The third-order valence-corrected chi connectivity index (χ3v) is 3.93. The minimum absolute atomic E-state index is 0.164. The lowest BCUT2D eigenvalue weighted by Gasteiger charge is -2.13. The van der Waals surface area contributed by atoms with Gasteiger partial charge in [0, 0.05) is 24.8 Å². The normalized spacial score (nSPS) is 11.3. The fraction of sp³-hybridized carbons (Fsp3) is 0.263. The highest BCUT2D eigenvalue weighted by Gasteiger charge is 2.30. The number of anilines is 2. The number of amides is 1. The third-order valence-electron chi connectivity index (χ3n) is 3.93. The average molecular weight is 405 g/mol. The van der Waals surface area contributed by atoms with Gasteiger partial charge in [0.1, 0.15) is 5.82 Å². The van der Waals surface area contributed by atoms with Crippen LogP contribution in [0.4, 0.5) is 24.7 Å². The van der Waals surface area contributed by atoms with Crippen LogP contribution in [-0.2, 0) is 12.6 Å². The lowest BCUT2D eigenvalue weighted by atomic mass is 10.2. The van der Waals surface area contributed by atoms with E-state index in [0.29, 0.717) is 31.1 Å². The van der Waals surface area contributed by atoms with Gasteiger partial charge in [-0.2, -0.15) is 18.2 Å². The van der Waals surface area contributed by atoms with Crippen LogP contribution < -0.4 is 10.6 Å². The Kier molecular flexibility index (Phi) is 6.10. The van der Waals surface area contributed by atoms with Crippen molar-refractivity contribution >= 4 is 17.4 Å². The Hall–Kier alpha value is -3.43. The number of hydrogen-bond donors (Lipinski definition) is 2. The number of alkyl halides is 3. The van der Waals surface area contributed by atoms with E-state index in [1.54, 1.807) is 19.1 Å². The molecule has 2 heterocycles. The highest BCUT2D eigenvalue weighted by atomic mass is 19.4. The van der Waals surface area contributed by atoms with Gasteiger partial charge in [0.2, 0.25) is 5.89 Å². The molecule has 7 nitrogen and oxygen atoms in total. The van der Waals surface area contributed by atoms with E-state index in [1.807, 2.05) is 0 Å². The first kappa shape index (κ1) is 20.3. The van der Waals surface area contributed by atoms with Gasteiger partial charge in [-0.05, 0) is 43.7 Å². The van der Waals surface area contributed by atoms with Gasteiger partial charge in [-0.15, -0.1) is 0 Å². The number of aromatic nitrogens is 3. The Labute approximate surface area is 164 Å². The van der Waals surface area contributed by atoms with Gasteiger partial charge in [-0.3, -0.25) is 4.79 Å². The van der Waals surface area contributed by atoms with Crippen molar-refractivity contribution in [2.75, 3.05) is 11.9 Å². The molecule has 0 saturated heterocycles. The van der Waals surface area contributed by atoms with Gasteiger partial charge >= 0.3 is 6.18 Å². The molecule has 0 radical (unpaired) electrons. The molecule has 0 fully saturated rings. The maximum Gasteiger partial charge on any atom is 0.416 e. The fourth-order valence-electron chi connectivity index (χ4n) is 2.58. The van der Waals surface area contributed by atoms with Crippen LogP contribution in [0.25, 0.3) is 0 Å². The monoisotopic (exact) mass is 405 g/mol. The van der Waals surface area contributed by atoms with E-state index in [-0.39, 0.29) is 17.1 Å². The van der Waals surface area contributed by atoms with Crippen molar-refractivity contribution in [2.24, 2.45) is 0 Å². The molecule has 1 aromatic carbocycles. The standard InChI is InChI=1S/C19H18F3N5O2/c1-12-25-16(29-27-12)8-4-10-24-18(28)15-7-3-9-23-17(15)26-14-6-2-5-13(11-14)19(20,21)22/h2-3,5-7,9,11H,4,8,10H2,1H3,(H,23,26)(H,24,28). The predicted molar refractivity (Wildman–Crippen MR) is 98.7 cm³/mol. The van der Waals surface area contributed by atoms with Crippen molar-refractivity contribution < 1.29 is 22.5 Å². The van der Waals surface area contributed by atoms with Crippen LogP contribution in [0.2, 0.25) is 0 Å². The summed E-state index contributed by atoms with van der Waals surface area (Å²) < 4.78 is 43.7. The Morgan fingerprint density at radius 3 is 2.76 bits per heavy atom. The third kappa shape index (κ3) is 5.53. The molecule has 2 N–H and O–H groups in total. The minimum atomic E-state index is -4.46. The summed E-state index contributed by atoms with van der Waals surface area (Å²) in [5, 5.41) is 9.22. The molecule has 0 unspecified atom stereocenters. The first-order valence-corrected chi connectivity index (χ1v) is 8.79. The van der Waals surface area contributed by atoms with Crippen LogP contribution in [0, 0.1) is 6.92 Å².